The van der Waals surface area contributed by atoms with E-state index in [1.807, 2.05) is 11.3 Å². The summed E-state index contributed by atoms with van der Waals surface area (Å²) in [5.74, 6) is 0.876. The summed E-state index contributed by atoms with van der Waals surface area (Å²) in [6.07, 6.45) is 2.75. The van der Waals surface area contributed by atoms with Crippen LogP contribution in [-0.2, 0) is 11.3 Å². The Balaban J connectivity index is 1.43. The molecule has 1 saturated carbocycles. The Morgan fingerprint density at radius 2 is 2.21 bits per heavy atom. The molecule has 0 radical (unpaired) electrons. The first-order valence-corrected chi connectivity index (χ1v) is 8.08. The maximum atomic E-state index is 5.65. The highest BCUT2D eigenvalue weighted by Gasteiger charge is 2.20. The van der Waals surface area contributed by atoms with Crippen LogP contribution < -0.4 is 5.32 Å². The topological polar surface area (TPSA) is 24.5 Å². The van der Waals surface area contributed by atoms with E-state index >= 15 is 0 Å². The quantitative estimate of drug-likeness (QED) is 0.667. The van der Waals surface area contributed by atoms with Gasteiger partial charge in [-0.2, -0.15) is 0 Å². The third-order valence-corrected chi connectivity index (χ3v) is 4.43. The second-order valence-corrected chi connectivity index (χ2v) is 6.88. The van der Waals surface area contributed by atoms with Crippen molar-refractivity contribution in [3.63, 3.8) is 0 Å². The predicted octanol–water partition coefficient (Wildman–Crippen LogP) is 2.50. The molecule has 0 unspecified atom stereocenters. The lowest BCUT2D eigenvalue weighted by atomic mass is 10.4. The standard InChI is InChI=1S/C15H26N2OS/c1-13-3-6-15(19-13)11-16-7-8-17(2)9-10-18-12-14-4-5-14/h3,6,14,16H,4-5,7-12H2,1-2H3. The third-order valence-electron chi connectivity index (χ3n) is 3.43. The molecule has 1 fully saturated rings. The molecule has 3 nitrogen and oxygen atoms in total. The molecule has 1 aliphatic carbocycles. The Hall–Kier alpha value is -0.420. The number of rotatable bonds is 10. The van der Waals surface area contributed by atoms with Crippen LogP contribution >= 0.6 is 11.3 Å². The van der Waals surface area contributed by atoms with Gasteiger partial charge in [-0.1, -0.05) is 0 Å². The fourth-order valence-corrected chi connectivity index (χ4v) is 2.79. The molecule has 1 heterocycles. The molecule has 1 N–H and O–H groups in total. The molecule has 0 bridgehead atoms. The van der Waals surface area contributed by atoms with Gasteiger partial charge in [-0.3, -0.25) is 0 Å². The molecule has 0 atom stereocenters. The summed E-state index contributed by atoms with van der Waals surface area (Å²) in [7, 11) is 2.16. The van der Waals surface area contributed by atoms with Gasteiger partial charge in [-0.25, -0.2) is 0 Å². The van der Waals surface area contributed by atoms with Gasteiger partial charge in [0.1, 0.15) is 0 Å². The monoisotopic (exact) mass is 282 g/mol. The van der Waals surface area contributed by atoms with Crippen molar-refractivity contribution in [1.82, 2.24) is 10.2 Å². The lowest BCUT2D eigenvalue weighted by molar-refractivity contribution is 0.104. The van der Waals surface area contributed by atoms with Gasteiger partial charge in [0.15, 0.2) is 0 Å². The van der Waals surface area contributed by atoms with Crippen molar-refractivity contribution in [3.8, 4) is 0 Å². The average molecular weight is 282 g/mol. The summed E-state index contributed by atoms with van der Waals surface area (Å²) < 4.78 is 5.65. The van der Waals surface area contributed by atoms with E-state index in [2.05, 4.69) is 36.3 Å². The van der Waals surface area contributed by atoms with Gasteiger partial charge < -0.3 is 15.0 Å². The van der Waals surface area contributed by atoms with Crippen molar-refractivity contribution in [1.29, 1.82) is 0 Å². The van der Waals surface area contributed by atoms with Gasteiger partial charge in [0.2, 0.25) is 0 Å². The SMILES string of the molecule is Cc1ccc(CNCCN(C)CCOCC2CC2)s1. The zero-order chi connectivity index (χ0) is 13.5. The molecule has 1 aliphatic rings. The van der Waals surface area contributed by atoms with Crippen LogP contribution in [0.3, 0.4) is 0 Å². The number of nitrogens with one attached hydrogen (secondary N) is 1. The van der Waals surface area contributed by atoms with E-state index in [1.165, 1.54) is 22.6 Å². The summed E-state index contributed by atoms with van der Waals surface area (Å²) >= 11 is 1.88. The molecule has 0 aliphatic heterocycles. The summed E-state index contributed by atoms with van der Waals surface area (Å²) in [5, 5.41) is 3.49. The van der Waals surface area contributed by atoms with Gasteiger partial charge in [0.25, 0.3) is 0 Å². The molecule has 1 aromatic heterocycles. The predicted molar refractivity (Wildman–Crippen MR) is 81.8 cm³/mol. The van der Waals surface area contributed by atoms with E-state index in [1.54, 1.807) is 0 Å². The smallest absolute Gasteiger partial charge is 0.0593 e. The Labute approximate surface area is 121 Å². The van der Waals surface area contributed by atoms with Gasteiger partial charge >= 0.3 is 0 Å². The van der Waals surface area contributed by atoms with E-state index in [9.17, 15) is 0 Å². The van der Waals surface area contributed by atoms with Crippen molar-refractivity contribution in [2.45, 2.75) is 26.3 Å². The summed E-state index contributed by atoms with van der Waals surface area (Å²) in [4.78, 5) is 5.15. The highest BCUT2D eigenvalue weighted by Crippen LogP contribution is 2.28. The Bertz CT molecular complexity index is 363. The molecule has 0 aromatic carbocycles. The third kappa shape index (κ3) is 6.52. The zero-order valence-electron chi connectivity index (χ0n) is 12.2. The normalized spacial score (nSPS) is 15.3. The lowest BCUT2D eigenvalue weighted by Gasteiger charge is -2.16. The van der Waals surface area contributed by atoms with Crippen LogP contribution in [0.1, 0.15) is 22.6 Å². The Kier molecular flexibility index (Phi) is 6.31. The van der Waals surface area contributed by atoms with Crippen molar-refractivity contribution in [2.24, 2.45) is 5.92 Å². The minimum Gasteiger partial charge on any atom is -0.380 e. The highest BCUT2D eigenvalue weighted by atomic mass is 32.1. The van der Waals surface area contributed by atoms with Crippen LogP contribution in [0.5, 0.6) is 0 Å². The first kappa shape index (κ1) is 15.0. The van der Waals surface area contributed by atoms with Crippen molar-refractivity contribution < 1.29 is 4.74 Å². The summed E-state index contributed by atoms with van der Waals surface area (Å²) in [6, 6.07) is 4.40. The molecular formula is C15H26N2OS. The van der Waals surface area contributed by atoms with Gasteiger partial charge in [0.05, 0.1) is 6.61 Å². The van der Waals surface area contributed by atoms with Crippen LogP contribution in [0.25, 0.3) is 0 Å². The summed E-state index contributed by atoms with van der Waals surface area (Å²) in [6.45, 7) is 8.15. The van der Waals surface area contributed by atoms with Gasteiger partial charge in [0, 0.05) is 42.5 Å². The fourth-order valence-electron chi connectivity index (χ4n) is 1.93. The first-order chi connectivity index (χ1) is 9.24. The second-order valence-electron chi connectivity index (χ2n) is 5.51. The second kappa shape index (κ2) is 8.00. The minimum atomic E-state index is 0.872. The molecule has 0 amide bonds. The van der Waals surface area contributed by atoms with E-state index in [0.29, 0.717) is 0 Å². The Morgan fingerprint density at radius 1 is 1.37 bits per heavy atom. The van der Waals surface area contributed by atoms with Crippen LogP contribution in [-0.4, -0.2) is 44.8 Å². The Morgan fingerprint density at radius 3 is 2.89 bits per heavy atom. The zero-order valence-corrected chi connectivity index (χ0v) is 13.0. The molecule has 0 spiro atoms. The number of hydrogen-bond donors (Lipinski definition) is 1. The van der Waals surface area contributed by atoms with Crippen LogP contribution in [0, 0.1) is 12.8 Å². The average Bonchev–Trinajstić information content (AvgIpc) is 3.13. The molecule has 19 heavy (non-hydrogen) atoms. The first-order valence-electron chi connectivity index (χ1n) is 7.26. The van der Waals surface area contributed by atoms with Crippen molar-refractivity contribution in [3.05, 3.63) is 21.9 Å². The van der Waals surface area contributed by atoms with E-state index in [0.717, 1.165) is 45.3 Å². The fraction of sp³-hybridized carbons (Fsp3) is 0.733. The van der Waals surface area contributed by atoms with E-state index in [-0.39, 0.29) is 0 Å². The van der Waals surface area contributed by atoms with E-state index in [4.69, 9.17) is 4.74 Å². The van der Waals surface area contributed by atoms with Crippen molar-refractivity contribution >= 4 is 11.3 Å². The molecule has 0 saturated heterocycles. The van der Waals surface area contributed by atoms with Crippen molar-refractivity contribution in [2.75, 3.05) is 39.9 Å². The lowest BCUT2D eigenvalue weighted by Crippen LogP contribution is -2.31. The molecular weight excluding hydrogens is 256 g/mol. The highest BCUT2D eigenvalue weighted by molar-refractivity contribution is 7.11. The van der Waals surface area contributed by atoms with Crippen LogP contribution in [0.15, 0.2) is 12.1 Å². The molecule has 1 aromatic rings. The van der Waals surface area contributed by atoms with E-state index < -0.39 is 0 Å². The maximum absolute atomic E-state index is 5.65. The number of thiophene rings is 1. The summed E-state index contributed by atoms with van der Waals surface area (Å²) in [5.41, 5.74) is 0. The molecule has 2 rings (SSSR count). The number of ether oxygens (including phenoxy) is 1. The number of nitrogens with zero attached hydrogens (tertiary/aromatic N) is 1. The molecule has 108 valence electrons. The molecule has 4 heteroatoms. The van der Waals surface area contributed by atoms with Crippen LogP contribution in [0.2, 0.25) is 0 Å². The number of aryl methyl sites for hydroxylation is 1. The minimum absolute atomic E-state index is 0.872. The maximum Gasteiger partial charge on any atom is 0.0593 e. The number of hydrogen-bond acceptors (Lipinski definition) is 4. The number of likely N-dealkylation sites (N-methyl/N-ethyl adjacent to an activating group) is 1. The van der Waals surface area contributed by atoms with Gasteiger partial charge in [-0.15, -0.1) is 11.3 Å². The van der Waals surface area contributed by atoms with Gasteiger partial charge in [-0.05, 0) is 44.9 Å². The van der Waals surface area contributed by atoms with Crippen LogP contribution in [0.4, 0.5) is 0 Å². The largest absolute Gasteiger partial charge is 0.380 e.